The molecule has 0 spiro atoms. The summed E-state index contributed by atoms with van der Waals surface area (Å²) >= 11 is 5.92. The summed E-state index contributed by atoms with van der Waals surface area (Å²) in [4.78, 5) is 23.1. The highest BCUT2D eigenvalue weighted by Gasteiger charge is 2.42. The maximum Gasteiger partial charge on any atom is 0.416 e. The van der Waals surface area contributed by atoms with Gasteiger partial charge in [-0.25, -0.2) is 4.79 Å². The van der Waals surface area contributed by atoms with Gasteiger partial charge >= 0.3 is 12.3 Å². The minimum Gasteiger partial charge on any atom is -0.456 e. The van der Waals surface area contributed by atoms with Gasteiger partial charge in [-0.1, -0.05) is 17.7 Å². The first-order chi connectivity index (χ1) is 13.2. The van der Waals surface area contributed by atoms with Crippen LogP contribution in [0, 0.1) is 0 Å². The second kappa shape index (κ2) is 6.70. The van der Waals surface area contributed by atoms with E-state index in [1.54, 1.807) is 18.2 Å². The maximum atomic E-state index is 12.7. The van der Waals surface area contributed by atoms with Crippen LogP contribution in [-0.4, -0.2) is 18.1 Å². The van der Waals surface area contributed by atoms with Crippen molar-refractivity contribution in [3.8, 4) is 11.5 Å². The molecule has 1 N–H and O–H groups in total. The number of imide groups is 1. The van der Waals surface area contributed by atoms with Crippen molar-refractivity contribution in [3.05, 3.63) is 58.1 Å². The first-order valence-electron chi connectivity index (χ1n) is 8.41. The molecular weight excluding hydrogens is 399 g/mol. The molecule has 2 amide bonds. The van der Waals surface area contributed by atoms with Gasteiger partial charge in [-0.2, -0.15) is 13.2 Å². The maximum absolute atomic E-state index is 12.7. The Morgan fingerprint density at radius 1 is 1.14 bits per heavy atom. The van der Waals surface area contributed by atoms with E-state index in [2.05, 4.69) is 5.32 Å². The van der Waals surface area contributed by atoms with Crippen molar-refractivity contribution in [2.45, 2.75) is 31.0 Å². The SMILES string of the molecule is O=C1NC(=O)[C@@H]([C@@H]2CCc3cc(Oc4ccc(C(F)(F)F)cc4Cl)ccc32)O1. The van der Waals surface area contributed by atoms with Crippen molar-refractivity contribution in [2.24, 2.45) is 0 Å². The highest BCUT2D eigenvalue weighted by molar-refractivity contribution is 6.32. The van der Waals surface area contributed by atoms with E-state index >= 15 is 0 Å². The van der Waals surface area contributed by atoms with Crippen LogP contribution in [0.5, 0.6) is 11.5 Å². The summed E-state index contributed by atoms with van der Waals surface area (Å²) in [5.41, 5.74) is 0.938. The quantitative estimate of drug-likeness (QED) is 0.786. The van der Waals surface area contributed by atoms with Crippen LogP contribution in [0.4, 0.5) is 18.0 Å². The fourth-order valence-electron chi connectivity index (χ4n) is 3.53. The number of benzene rings is 2. The van der Waals surface area contributed by atoms with Crippen LogP contribution in [0.15, 0.2) is 36.4 Å². The predicted octanol–water partition coefficient (Wildman–Crippen LogP) is 4.82. The van der Waals surface area contributed by atoms with Crippen molar-refractivity contribution in [2.75, 3.05) is 0 Å². The molecule has 0 bridgehead atoms. The number of aryl methyl sites for hydroxylation is 1. The van der Waals surface area contributed by atoms with E-state index in [0.29, 0.717) is 18.6 Å². The van der Waals surface area contributed by atoms with Gasteiger partial charge in [-0.3, -0.25) is 10.1 Å². The van der Waals surface area contributed by atoms with Crippen molar-refractivity contribution in [1.29, 1.82) is 0 Å². The summed E-state index contributed by atoms with van der Waals surface area (Å²) in [6.07, 6.45) is -4.81. The molecule has 146 valence electrons. The fraction of sp³-hybridized carbons (Fsp3) is 0.263. The number of carbonyl (C=O) groups is 2. The van der Waals surface area contributed by atoms with Gasteiger partial charge in [0.1, 0.15) is 11.5 Å². The van der Waals surface area contributed by atoms with Crippen molar-refractivity contribution >= 4 is 23.6 Å². The third-order valence-electron chi connectivity index (χ3n) is 4.81. The van der Waals surface area contributed by atoms with Crippen LogP contribution >= 0.6 is 11.6 Å². The molecule has 0 saturated carbocycles. The van der Waals surface area contributed by atoms with Gasteiger partial charge in [0.2, 0.25) is 0 Å². The van der Waals surface area contributed by atoms with E-state index < -0.39 is 29.8 Å². The first-order valence-corrected chi connectivity index (χ1v) is 8.79. The number of amides is 2. The Labute approximate surface area is 162 Å². The lowest BCUT2D eigenvalue weighted by Gasteiger charge is -2.16. The molecule has 28 heavy (non-hydrogen) atoms. The molecule has 0 aromatic heterocycles. The van der Waals surface area contributed by atoms with Crippen molar-refractivity contribution in [1.82, 2.24) is 5.32 Å². The number of nitrogens with one attached hydrogen (secondary N) is 1. The zero-order chi connectivity index (χ0) is 20.1. The lowest BCUT2D eigenvalue weighted by molar-refractivity contribution is -0.137. The van der Waals surface area contributed by atoms with Crippen LogP contribution in [0.1, 0.15) is 29.0 Å². The average molecular weight is 412 g/mol. The molecule has 0 unspecified atom stereocenters. The molecule has 2 atom stereocenters. The third kappa shape index (κ3) is 3.40. The predicted molar refractivity (Wildman–Crippen MR) is 92.4 cm³/mol. The molecule has 9 heteroatoms. The number of ether oxygens (including phenoxy) is 2. The highest BCUT2D eigenvalue weighted by atomic mass is 35.5. The molecule has 0 radical (unpaired) electrons. The molecule has 1 heterocycles. The number of hydrogen-bond donors (Lipinski definition) is 1. The Kier molecular flexibility index (Phi) is 4.45. The molecular formula is C19H13ClF3NO4. The zero-order valence-corrected chi connectivity index (χ0v) is 14.9. The highest BCUT2D eigenvalue weighted by Crippen LogP contribution is 2.41. The Hall–Kier alpha value is -2.74. The molecule has 5 nitrogen and oxygen atoms in total. The van der Waals surface area contributed by atoms with Gasteiger partial charge in [0, 0.05) is 5.92 Å². The largest absolute Gasteiger partial charge is 0.456 e. The van der Waals surface area contributed by atoms with Crippen LogP contribution in [0.2, 0.25) is 5.02 Å². The summed E-state index contributed by atoms with van der Waals surface area (Å²) in [6, 6.07) is 8.03. The van der Waals surface area contributed by atoms with Crippen LogP contribution in [0.3, 0.4) is 0 Å². The fourth-order valence-corrected chi connectivity index (χ4v) is 3.75. The lowest BCUT2D eigenvalue weighted by atomic mass is 9.95. The number of alkyl carbamates (subject to hydrolysis) is 1. The number of cyclic esters (lactones) is 1. The summed E-state index contributed by atoms with van der Waals surface area (Å²) in [5.74, 6) is -0.188. The smallest absolute Gasteiger partial charge is 0.416 e. The number of hydrogen-bond acceptors (Lipinski definition) is 4. The van der Waals surface area contributed by atoms with Gasteiger partial charge in [0.25, 0.3) is 5.91 Å². The monoisotopic (exact) mass is 411 g/mol. The topological polar surface area (TPSA) is 64.6 Å². The van der Waals surface area contributed by atoms with E-state index in [-0.39, 0.29) is 16.7 Å². The van der Waals surface area contributed by atoms with Gasteiger partial charge in [0.15, 0.2) is 6.10 Å². The molecule has 1 fully saturated rings. The number of halogens is 4. The number of alkyl halides is 3. The number of fused-ring (bicyclic) bond motifs is 1. The second-order valence-electron chi connectivity index (χ2n) is 6.57. The number of rotatable bonds is 3. The van der Waals surface area contributed by atoms with Gasteiger partial charge < -0.3 is 9.47 Å². The normalized spacial score (nSPS) is 21.3. The minimum atomic E-state index is -4.49. The Bertz CT molecular complexity index is 976. The molecule has 2 aromatic carbocycles. The zero-order valence-electron chi connectivity index (χ0n) is 14.2. The van der Waals surface area contributed by atoms with E-state index in [4.69, 9.17) is 21.1 Å². The van der Waals surface area contributed by atoms with Crippen LogP contribution in [0.25, 0.3) is 0 Å². The van der Waals surface area contributed by atoms with Gasteiger partial charge in [-0.15, -0.1) is 0 Å². The van der Waals surface area contributed by atoms with E-state index in [0.717, 1.165) is 23.3 Å². The summed E-state index contributed by atoms with van der Waals surface area (Å²) < 4.78 is 48.9. The van der Waals surface area contributed by atoms with E-state index in [1.165, 1.54) is 6.07 Å². The first kappa shape index (κ1) is 18.6. The molecule has 2 aliphatic rings. The van der Waals surface area contributed by atoms with Crippen molar-refractivity contribution < 1.29 is 32.2 Å². The molecule has 1 aliphatic heterocycles. The molecule has 1 aliphatic carbocycles. The lowest BCUT2D eigenvalue weighted by Crippen LogP contribution is -2.28. The number of carbonyl (C=O) groups excluding carboxylic acids is 2. The van der Waals surface area contributed by atoms with E-state index in [1.807, 2.05) is 0 Å². The summed E-state index contributed by atoms with van der Waals surface area (Å²) in [5, 5.41) is 1.97. The summed E-state index contributed by atoms with van der Waals surface area (Å²) in [7, 11) is 0. The average Bonchev–Trinajstić information content (AvgIpc) is 3.17. The van der Waals surface area contributed by atoms with E-state index in [9.17, 15) is 22.8 Å². The molecule has 4 rings (SSSR count). The summed E-state index contributed by atoms with van der Waals surface area (Å²) in [6.45, 7) is 0. The van der Waals surface area contributed by atoms with Gasteiger partial charge in [-0.05, 0) is 54.3 Å². The second-order valence-corrected chi connectivity index (χ2v) is 6.97. The van der Waals surface area contributed by atoms with Crippen LogP contribution in [-0.2, 0) is 22.1 Å². The third-order valence-corrected chi connectivity index (χ3v) is 5.10. The standard InChI is InChI=1S/C19H13ClF3NO4/c20-14-8-10(19(21,22)23)2-6-15(14)27-11-3-5-12-9(7-11)1-4-13(12)16-17(25)24-18(26)28-16/h2-3,5-8,13,16H,1,4H2,(H,24,25,26)/t13-,16-/m1/s1. The Morgan fingerprint density at radius 2 is 1.93 bits per heavy atom. The molecule has 1 saturated heterocycles. The minimum absolute atomic E-state index is 0.105. The van der Waals surface area contributed by atoms with Crippen LogP contribution < -0.4 is 10.1 Å². The van der Waals surface area contributed by atoms with Crippen molar-refractivity contribution in [3.63, 3.8) is 0 Å². The van der Waals surface area contributed by atoms with Gasteiger partial charge in [0.05, 0.1) is 10.6 Å². The Balaban J connectivity index is 1.54. The molecule has 2 aromatic rings. The Morgan fingerprint density at radius 3 is 2.57 bits per heavy atom.